The molecule has 1 fully saturated rings. The second-order valence-corrected chi connectivity index (χ2v) is 8.19. The molecule has 2 atom stereocenters. The first-order chi connectivity index (χ1) is 13.4. The molecule has 0 radical (unpaired) electrons. The van der Waals surface area contributed by atoms with E-state index in [1.807, 2.05) is 24.3 Å². The van der Waals surface area contributed by atoms with Gasteiger partial charge in [-0.1, -0.05) is 24.3 Å². The minimum atomic E-state index is -1.98. The van der Waals surface area contributed by atoms with E-state index in [4.69, 9.17) is 0 Å². The molecule has 3 nitrogen and oxygen atoms in total. The van der Waals surface area contributed by atoms with Crippen LogP contribution in [0.1, 0.15) is 40.4 Å². The van der Waals surface area contributed by atoms with Crippen LogP contribution < -0.4 is 5.32 Å². The molecular formula is C20H17F4IN2O. The van der Waals surface area contributed by atoms with Crippen molar-refractivity contribution in [3.8, 4) is 0 Å². The second-order valence-electron chi connectivity index (χ2n) is 7.11. The van der Waals surface area contributed by atoms with Crippen molar-refractivity contribution in [3.05, 3.63) is 67.8 Å². The third-order valence-electron chi connectivity index (χ3n) is 5.54. The van der Waals surface area contributed by atoms with Gasteiger partial charge in [0.15, 0.2) is 23.3 Å². The molecule has 0 bridgehead atoms. The van der Waals surface area contributed by atoms with Crippen LogP contribution in [0.3, 0.4) is 0 Å². The van der Waals surface area contributed by atoms with Crippen LogP contribution in [0.25, 0.3) is 0 Å². The van der Waals surface area contributed by atoms with E-state index in [0.29, 0.717) is 0 Å². The molecule has 0 spiro atoms. The summed E-state index contributed by atoms with van der Waals surface area (Å²) < 4.78 is 54.7. The first-order valence-corrected chi connectivity index (χ1v) is 10.1. The molecule has 148 valence electrons. The number of hydrogen-bond donors (Lipinski definition) is 1. The maximum Gasteiger partial charge on any atom is 0.256 e. The van der Waals surface area contributed by atoms with Gasteiger partial charge in [0.1, 0.15) is 0 Å². The van der Waals surface area contributed by atoms with E-state index in [1.165, 1.54) is 22.6 Å². The monoisotopic (exact) mass is 504 g/mol. The van der Waals surface area contributed by atoms with Crippen molar-refractivity contribution in [2.24, 2.45) is 0 Å². The zero-order chi connectivity index (χ0) is 20.0. The summed E-state index contributed by atoms with van der Waals surface area (Å²) in [4.78, 5) is 15.1. The van der Waals surface area contributed by atoms with Gasteiger partial charge >= 0.3 is 0 Å². The van der Waals surface area contributed by atoms with Crippen molar-refractivity contribution >= 4 is 28.5 Å². The van der Waals surface area contributed by atoms with Gasteiger partial charge in [-0.15, -0.1) is 0 Å². The lowest BCUT2D eigenvalue weighted by molar-refractivity contribution is 0.0899. The zero-order valence-corrected chi connectivity index (χ0v) is 16.9. The highest BCUT2D eigenvalue weighted by Gasteiger charge is 2.39. The summed E-state index contributed by atoms with van der Waals surface area (Å²) in [6.45, 7) is 1.80. The zero-order valence-electron chi connectivity index (χ0n) is 14.7. The van der Waals surface area contributed by atoms with Gasteiger partial charge in [-0.05, 0) is 66.1 Å². The van der Waals surface area contributed by atoms with Crippen molar-refractivity contribution in [1.82, 2.24) is 10.2 Å². The normalized spacial score (nSPS) is 21.8. The van der Waals surface area contributed by atoms with E-state index in [1.54, 1.807) is 0 Å². The number of nitrogens with one attached hydrogen (secondary N) is 1. The Bertz CT molecular complexity index is 917. The molecule has 1 heterocycles. The number of carbonyl (C=O) groups excluding carboxylic acids is 1. The van der Waals surface area contributed by atoms with Gasteiger partial charge in [-0.2, -0.15) is 0 Å². The lowest BCUT2D eigenvalue weighted by Gasteiger charge is -2.30. The SMILES string of the molecule is O=C(N[C@@H]1c2ccccc2C[C@@H]1N1CCCC1)c1c(F)c(F)c(F)c(F)c1I. The Kier molecular flexibility index (Phi) is 5.34. The summed E-state index contributed by atoms with van der Waals surface area (Å²) in [7, 11) is 0. The van der Waals surface area contributed by atoms with Gasteiger partial charge in [0.25, 0.3) is 5.91 Å². The molecule has 28 heavy (non-hydrogen) atoms. The first-order valence-electron chi connectivity index (χ1n) is 9.04. The summed E-state index contributed by atoms with van der Waals surface area (Å²) in [6.07, 6.45) is 2.86. The van der Waals surface area contributed by atoms with E-state index in [-0.39, 0.29) is 6.04 Å². The van der Waals surface area contributed by atoms with Crippen molar-refractivity contribution in [2.45, 2.75) is 31.3 Å². The van der Waals surface area contributed by atoms with Crippen LogP contribution in [0.15, 0.2) is 24.3 Å². The Balaban J connectivity index is 1.70. The van der Waals surface area contributed by atoms with Crippen molar-refractivity contribution in [3.63, 3.8) is 0 Å². The minimum absolute atomic E-state index is 0.0142. The Morgan fingerprint density at radius 2 is 1.64 bits per heavy atom. The largest absolute Gasteiger partial charge is 0.343 e. The number of nitrogens with zero attached hydrogens (tertiary/aromatic N) is 1. The van der Waals surface area contributed by atoms with E-state index in [0.717, 1.165) is 43.5 Å². The standard InChI is InChI=1S/C20H17F4IN2O/c21-14-13(18(25)17(24)16(23)15(14)22)20(28)26-19-11-6-2-1-5-10(11)9-12(19)27-7-3-4-8-27/h1-2,5-6,12,19H,3-4,7-9H2,(H,26,28)/t12-,19+/m0/s1. The lowest BCUT2D eigenvalue weighted by atomic mass is 10.0. The Labute approximate surface area is 173 Å². The van der Waals surface area contributed by atoms with Crippen LogP contribution in [0.4, 0.5) is 17.6 Å². The number of hydrogen-bond acceptors (Lipinski definition) is 2. The second kappa shape index (κ2) is 7.62. The van der Waals surface area contributed by atoms with Crippen LogP contribution in [0.2, 0.25) is 0 Å². The molecule has 1 N–H and O–H groups in total. The third-order valence-corrected chi connectivity index (χ3v) is 6.55. The van der Waals surface area contributed by atoms with Gasteiger partial charge in [0.05, 0.1) is 15.2 Å². The molecule has 0 unspecified atom stereocenters. The fraction of sp³-hybridized carbons (Fsp3) is 0.350. The molecular weight excluding hydrogens is 487 g/mol. The van der Waals surface area contributed by atoms with E-state index < -0.39 is 44.4 Å². The Morgan fingerprint density at radius 1 is 1.00 bits per heavy atom. The van der Waals surface area contributed by atoms with Gasteiger partial charge in [0, 0.05) is 6.04 Å². The average Bonchev–Trinajstić information content (AvgIpc) is 3.33. The Morgan fingerprint density at radius 3 is 2.36 bits per heavy atom. The molecule has 1 aliphatic heterocycles. The van der Waals surface area contributed by atoms with Crippen LogP contribution in [-0.2, 0) is 6.42 Å². The molecule has 2 aromatic rings. The molecule has 1 amide bonds. The highest BCUT2D eigenvalue weighted by molar-refractivity contribution is 14.1. The predicted molar refractivity (Wildman–Crippen MR) is 104 cm³/mol. The number of halogens is 5. The fourth-order valence-electron chi connectivity index (χ4n) is 4.18. The number of carbonyl (C=O) groups is 1. The molecule has 1 aliphatic carbocycles. The maximum atomic E-state index is 14.3. The van der Waals surface area contributed by atoms with Crippen molar-refractivity contribution in [1.29, 1.82) is 0 Å². The van der Waals surface area contributed by atoms with Crippen molar-refractivity contribution in [2.75, 3.05) is 13.1 Å². The van der Waals surface area contributed by atoms with Crippen LogP contribution in [0.5, 0.6) is 0 Å². The fourth-order valence-corrected chi connectivity index (χ4v) is 4.90. The predicted octanol–water partition coefficient (Wildman–Crippen LogP) is 4.34. The summed E-state index contributed by atoms with van der Waals surface area (Å²) in [5, 5.41) is 2.75. The highest BCUT2D eigenvalue weighted by Crippen LogP contribution is 2.36. The molecule has 8 heteroatoms. The van der Waals surface area contributed by atoms with E-state index in [9.17, 15) is 22.4 Å². The number of fused-ring (bicyclic) bond motifs is 1. The minimum Gasteiger partial charge on any atom is -0.343 e. The smallest absolute Gasteiger partial charge is 0.256 e. The first kappa shape index (κ1) is 19.6. The summed E-state index contributed by atoms with van der Waals surface area (Å²) >= 11 is 1.33. The topological polar surface area (TPSA) is 32.3 Å². The molecule has 2 aromatic carbocycles. The van der Waals surface area contributed by atoms with Gasteiger partial charge < -0.3 is 5.32 Å². The third kappa shape index (κ3) is 3.20. The summed E-state index contributed by atoms with van der Waals surface area (Å²) in [5.74, 6) is -8.09. The quantitative estimate of drug-likeness (QED) is 0.292. The molecule has 1 saturated heterocycles. The van der Waals surface area contributed by atoms with Gasteiger partial charge in [0.2, 0.25) is 0 Å². The lowest BCUT2D eigenvalue weighted by Crippen LogP contribution is -2.43. The van der Waals surface area contributed by atoms with Crippen LogP contribution >= 0.6 is 22.6 Å². The maximum absolute atomic E-state index is 14.3. The number of benzene rings is 2. The van der Waals surface area contributed by atoms with Crippen LogP contribution in [0, 0.1) is 26.8 Å². The molecule has 0 aromatic heterocycles. The number of rotatable bonds is 3. The molecule has 4 rings (SSSR count). The average molecular weight is 504 g/mol. The summed E-state index contributed by atoms with van der Waals surface area (Å²) in [5.41, 5.74) is 1.18. The van der Waals surface area contributed by atoms with Gasteiger partial charge in [-0.25, -0.2) is 17.6 Å². The van der Waals surface area contributed by atoms with Crippen LogP contribution in [-0.4, -0.2) is 29.9 Å². The number of likely N-dealkylation sites (tertiary alicyclic amines) is 1. The summed E-state index contributed by atoms with van der Waals surface area (Å²) in [6, 6.07) is 7.19. The highest BCUT2D eigenvalue weighted by atomic mass is 127. The van der Waals surface area contributed by atoms with Gasteiger partial charge in [-0.3, -0.25) is 9.69 Å². The Hall–Kier alpha value is -1.68. The number of amides is 1. The molecule has 0 saturated carbocycles. The van der Waals surface area contributed by atoms with E-state index >= 15 is 0 Å². The van der Waals surface area contributed by atoms with E-state index in [2.05, 4.69) is 10.2 Å². The molecule has 2 aliphatic rings. The van der Waals surface area contributed by atoms with Crippen molar-refractivity contribution < 1.29 is 22.4 Å².